The maximum atomic E-state index is 12.1. The largest absolute Gasteiger partial charge is 0.397 e. The molecule has 0 radical (unpaired) electrons. The first kappa shape index (κ1) is 15.3. The van der Waals surface area contributed by atoms with Crippen molar-refractivity contribution >= 4 is 21.6 Å². The summed E-state index contributed by atoms with van der Waals surface area (Å²) >= 11 is 3.33. The molecule has 0 spiro atoms. The Morgan fingerprint density at radius 3 is 2.67 bits per heavy atom. The van der Waals surface area contributed by atoms with E-state index in [2.05, 4.69) is 29.8 Å². The highest BCUT2D eigenvalue weighted by Gasteiger charge is 2.12. The van der Waals surface area contributed by atoms with Gasteiger partial charge in [0.25, 0.3) is 5.56 Å². The van der Waals surface area contributed by atoms with Gasteiger partial charge in [-0.2, -0.15) is 0 Å². The van der Waals surface area contributed by atoms with Crippen molar-refractivity contribution in [3.8, 4) is 0 Å². The van der Waals surface area contributed by atoms with E-state index in [0.717, 1.165) is 18.5 Å². The van der Waals surface area contributed by atoms with Crippen LogP contribution in [0.15, 0.2) is 15.5 Å². The van der Waals surface area contributed by atoms with Gasteiger partial charge in [0.05, 0.1) is 10.2 Å². The Morgan fingerprint density at radius 1 is 1.44 bits per heavy atom. The first-order chi connectivity index (χ1) is 8.51. The SMILES string of the molecule is CCCCC(CC)Cn1cc(N)c(C)c(Br)c1=O. The van der Waals surface area contributed by atoms with E-state index in [-0.39, 0.29) is 5.56 Å². The molecule has 0 fully saturated rings. The Labute approximate surface area is 118 Å². The molecular weight excluding hydrogens is 292 g/mol. The summed E-state index contributed by atoms with van der Waals surface area (Å²) in [6.45, 7) is 7.00. The van der Waals surface area contributed by atoms with Gasteiger partial charge in [-0.3, -0.25) is 4.79 Å². The van der Waals surface area contributed by atoms with Crippen LogP contribution in [0.4, 0.5) is 5.69 Å². The number of halogens is 1. The van der Waals surface area contributed by atoms with Crippen molar-refractivity contribution in [2.24, 2.45) is 5.92 Å². The summed E-state index contributed by atoms with van der Waals surface area (Å²) in [5.41, 5.74) is 7.45. The molecule has 0 saturated carbocycles. The van der Waals surface area contributed by atoms with Crippen molar-refractivity contribution in [2.75, 3.05) is 5.73 Å². The normalized spacial score (nSPS) is 12.7. The summed E-state index contributed by atoms with van der Waals surface area (Å²) in [5, 5.41) is 0. The molecule has 1 aromatic rings. The lowest BCUT2D eigenvalue weighted by Gasteiger charge is -2.17. The van der Waals surface area contributed by atoms with E-state index >= 15 is 0 Å². The third-order valence-corrected chi connectivity index (χ3v) is 4.44. The lowest BCUT2D eigenvalue weighted by molar-refractivity contribution is 0.385. The van der Waals surface area contributed by atoms with Gasteiger partial charge < -0.3 is 10.3 Å². The fourth-order valence-electron chi connectivity index (χ4n) is 2.07. The van der Waals surface area contributed by atoms with Crippen molar-refractivity contribution in [3.05, 3.63) is 26.6 Å². The van der Waals surface area contributed by atoms with Gasteiger partial charge in [-0.25, -0.2) is 0 Å². The van der Waals surface area contributed by atoms with Gasteiger partial charge in [-0.1, -0.05) is 33.1 Å². The zero-order chi connectivity index (χ0) is 13.7. The van der Waals surface area contributed by atoms with Crippen LogP contribution in [0.3, 0.4) is 0 Å². The van der Waals surface area contributed by atoms with Crippen LogP contribution in [0.2, 0.25) is 0 Å². The fraction of sp³-hybridized carbons (Fsp3) is 0.643. The Hall–Kier alpha value is -0.770. The average Bonchev–Trinajstić information content (AvgIpc) is 2.37. The van der Waals surface area contributed by atoms with Gasteiger partial charge in [0.2, 0.25) is 0 Å². The van der Waals surface area contributed by atoms with Crippen LogP contribution in [-0.2, 0) is 6.54 Å². The van der Waals surface area contributed by atoms with Crippen LogP contribution in [0.5, 0.6) is 0 Å². The molecule has 0 saturated heterocycles. The summed E-state index contributed by atoms with van der Waals surface area (Å²) < 4.78 is 2.34. The van der Waals surface area contributed by atoms with Gasteiger partial charge in [-0.15, -0.1) is 0 Å². The summed E-state index contributed by atoms with van der Waals surface area (Å²) in [6, 6.07) is 0. The highest BCUT2D eigenvalue weighted by Crippen LogP contribution is 2.19. The molecule has 0 aromatic carbocycles. The summed E-state index contributed by atoms with van der Waals surface area (Å²) in [6.07, 6.45) is 6.46. The predicted molar refractivity (Wildman–Crippen MR) is 80.9 cm³/mol. The summed E-state index contributed by atoms with van der Waals surface area (Å²) in [7, 11) is 0. The van der Waals surface area contributed by atoms with Gasteiger partial charge in [0, 0.05) is 12.7 Å². The molecule has 0 amide bonds. The van der Waals surface area contributed by atoms with Crippen molar-refractivity contribution in [1.29, 1.82) is 0 Å². The molecule has 1 rings (SSSR count). The summed E-state index contributed by atoms with van der Waals surface area (Å²) in [4.78, 5) is 12.1. The van der Waals surface area contributed by atoms with Crippen LogP contribution in [-0.4, -0.2) is 4.57 Å². The smallest absolute Gasteiger partial charge is 0.265 e. The van der Waals surface area contributed by atoms with E-state index in [9.17, 15) is 4.79 Å². The quantitative estimate of drug-likeness (QED) is 0.870. The number of aromatic nitrogens is 1. The first-order valence-electron chi connectivity index (χ1n) is 6.66. The second kappa shape index (κ2) is 6.98. The highest BCUT2D eigenvalue weighted by molar-refractivity contribution is 9.10. The molecule has 102 valence electrons. The molecule has 3 nitrogen and oxygen atoms in total. The van der Waals surface area contributed by atoms with E-state index in [0.29, 0.717) is 16.1 Å². The number of nitrogens with two attached hydrogens (primary N) is 1. The number of anilines is 1. The molecule has 18 heavy (non-hydrogen) atoms. The minimum absolute atomic E-state index is 0.0247. The molecule has 0 bridgehead atoms. The van der Waals surface area contributed by atoms with Gasteiger partial charge >= 0.3 is 0 Å². The van der Waals surface area contributed by atoms with Crippen molar-refractivity contribution in [2.45, 2.75) is 53.0 Å². The minimum Gasteiger partial charge on any atom is -0.397 e. The Kier molecular flexibility index (Phi) is 5.93. The summed E-state index contributed by atoms with van der Waals surface area (Å²) in [5.74, 6) is 0.552. The lowest BCUT2D eigenvalue weighted by atomic mass is 9.99. The van der Waals surface area contributed by atoms with Crippen molar-refractivity contribution in [1.82, 2.24) is 4.57 Å². The molecule has 0 aliphatic rings. The number of hydrogen-bond donors (Lipinski definition) is 1. The van der Waals surface area contributed by atoms with Crippen LogP contribution >= 0.6 is 15.9 Å². The average molecular weight is 315 g/mol. The van der Waals surface area contributed by atoms with Crippen molar-refractivity contribution < 1.29 is 0 Å². The molecule has 1 heterocycles. The van der Waals surface area contributed by atoms with E-state index in [1.54, 1.807) is 10.8 Å². The molecule has 0 aliphatic carbocycles. The van der Waals surface area contributed by atoms with E-state index in [1.165, 1.54) is 19.3 Å². The van der Waals surface area contributed by atoms with Crippen LogP contribution in [0, 0.1) is 12.8 Å². The van der Waals surface area contributed by atoms with Crippen LogP contribution in [0.1, 0.15) is 45.1 Å². The second-order valence-electron chi connectivity index (χ2n) is 4.90. The number of hydrogen-bond acceptors (Lipinski definition) is 2. The zero-order valence-electron chi connectivity index (χ0n) is 11.5. The standard InChI is InChI=1S/C14H23BrN2O/c1-4-6-7-11(5-2)8-17-9-12(16)10(3)13(15)14(17)18/h9,11H,4-8,16H2,1-3H3. The maximum Gasteiger partial charge on any atom is 0.265 e. The molecule has 1 atom stereocenters. The van der Waals surface area contributed by atoms with Gasteiger partial charge in [0.15, 0.2) is 0 Å². The molecule has 1 unspecified atom stereocenters. The fourth-order valence-corrected chi connectivity index (χ4v) is 2.52. The third kappa shape index (κ3) is 3.61. The Balaban J connectivity index is 2.93. The molecular formula is C14H23BrN2O. The van der Waals surface area contributed by atoms with Crippen molar-refractivity contribution in [3.63, 3.8) is 0 Å². The predicted octanol–water partition coefficient (Wildman–Crippen LogP) is 3.72. The minimum atomic E-state index is 0.0247. The number of nitrogen functional groups attached to an aromatic ring is 1. The molecule has 0 aliphatic heterocycles. The van der Waals surface area contributed by atoms with Gasteiger partial charge in [-0.05, 0) is 40.8 Å². The number of pyridine rings is 1. The monoisotopic (exact) mass is 314 g/mol. The highest BCUT2D eigenvalue weighted by atomic mass is 79.9. The van der Waals surface area contributed by atoms with Gasteiger partial charge in [0.1, 0.15) is 0 Å². The number of nitrogens with zero attached hydrogens (tertiary/aromatic N) is 1. The van der Waals surface area contributed by atoms with E-state index in [4.69, 9.17) is 5.73 Å². The maximum absolute atomic E-state index is 12.1. The topological polar surface area (TPSA) is 48.0 Å². The second-order valence-corrected chi connectivity index (χ2v) is 5.69. The van der Waals surface area contributed by atoms with Crippen LogP contribution in [0.25, 0.3) is 0 Å². The first-order valence-corrected chi connectivity index (χ1v) is 7.45. The molecule has 2 N–H and O–H groups in total. The molecule has 1 aromatic heterocycles. The number of rotatable bonds is 6. The third-order valence-electron chi connectivity index (χ3n) is 3.50. The van der Waals surface area contributed by atoms with Crippen LogP contribution < -0.4 is 11.3 Å². The Morgan fingerprint density at radius 2 is 2.11 bits per heavy atom. The number of unbranched alkanes of at least 4 members (excludes halogenated alkanes) is 1. The lowest BCUT2D eigenvalue weighted by Crippen LogP contribution is -2.25. The van der Waals surface area contributed by atoms with E-state index in [1.807, 2.05) is 6.92 Å². The molecule has 4 heteroatoms. The Bertz CT molecular complexity index is 454. The van der Waals surface area contributed by atoms with E-state index < -0.39 is 0 Å². The zero-order valence-corrected chi connectivity index (χ0v) is 13.1.